The van der Waals surface area contributed by atoms with Crippen molar-refractivity contribution in [3.8, 4) is 11.4 Å². The van der Waals surface area contributed by atoms with Gasteiger partial charge in [0.25, 0.3) is 5.91 Å². The van der Waals surface area contributed by atoms with E-state index in [0.717, 1.165) is 50.5 Å². The Balaban J connectivity index is 1.22. The Morgan fingerprint density at radius 2 is 1.60 bits per heavy atom. The number of carbonyl (C=O) groups is 1. The fraction of sp³-hybridized carbons (Fsp3) is 0.375. The summed E-state index contributed by atoms with van der Waals surface area (Å²) in [4.78, 5) is 21.8. The van der Waals surface area contributed by atoms with Gasteiger partial charge in [-0.3, -0.25) is 4.79 Å². The van der Waals surface area contributed by atoms with E-state index in [9.17, 15) is 4.79 Å². The predicted octanol–water partition coefficient (Wildman–Crippen LogP) is 4.36. The molecule has 1 aromatic heterocycles. The summed E-state index contributed by atoms with van der Waals surface area (Å²) >= 11 is 0. The molecule has 2 aromatic carbocycles. The van der Waals surface area contributed by atoms with Crippen molar-refractivity contribution in [3.05, 3.63) is 66.1 Å². The van der Waals surface area contributed by atoms with Crippen LogP contribution in [0.3, 0.4) is 0 Å². The van der Waals surface area contributed by atoms with Gasteiger partial charge < -0.3 is 14.3 Å². The van der Waals surface area contributed by atoms with Gasteiger partial charge in [0, 0.05) is 48.9 Å². The van der Waals surface area contributed by atoms with Crippen LogP contribution in [-0.2, 0) is 0 Å². The molecule has 2 heterocycles. The van der Waals surface area contributed by atoms with Crippen molar-refractivity contribution in [1.82, 2.24) is 15.0 Å². The summed E-state index contributed by atoms with van der Waals surface area (Å²) < 4.78 is 5.48. The van der Waals surface area contributed by atoms with E-state index in [1.165, 1.54) is 18.5 Å². The van der Waals surface area contributed by atoms with Gasteiger partial charge in [0.1, 0.15) is 0 Å². The van der Waals surface area contributed by atoms with E-state index in [4.69, 9.17) is 4.52 Å². The molecule has 1 aliphatic heterocycles. The predicted molar refractivity (Wildman–Crippen MR) is 116 cm³/mol. The SMILES string of the molecule is O=C(c1ccc(-c2noc(C3CCCC3)n2)cc1)N1CCN(c2ccccc2)CC1. The Bertz CT molecular complexity index is 986. The van der Waals surface area contributed by atoms with Gasteiger partial charge in [-0.25, -0.2) is 0 Å². The van der Waals surface area contributed by atoms with Crippen LogP contribution in [0.2, 0.25) is 0 Å². The standard InChI is InChI=1S/C24H26N4O2/c29-24(28-16-14-27(15-17-28)21-8-2-1-3-9-21)20-12-10-18(11-13-20)22-25-23(30-26-22)19-6-4-5-7-19/h1-3,8-13,19H,4-7,14-17H2. The van der Waals surface area contributed by atoms with Gasteiger partial charge in [0.05, 0.1) is 0 Å². The number of para-hydroxylation sites is 1. The molecule has 6 nitrogen and oxygen atoms in total. The van der Waals surface area contributed by atoms with Gasteiger partial charge in [-0.15, -0.1) is 0 Å². The molecule has 1 saturated carbocycles. The van der Waals surface area contributed by atoms with E-state index >= 15 is 0 Å². The van der Waals surface area contributed by atoms with Crippen LogP contribution in [0.1, 0.15) is 47.8 Å². The highest BCUT2D eigenvalue weighted by Gasteiger charge is 2.24. The van der Waals surface area contributed by atoms with Crippen LogP contribution in [0.4, 0.5) is 5.69 Å². The zero-order chi connectivity index (χ0) is 20.3. The molecule has 6 heteroatoms. The van der Waals surface area contributed by atoms with Gasteiger partial charge in [-0.2, -0.15) is 4.98 Å². The van der Waals surface area contributed by atoms with E-state index in [-0.39, 0.29) is 5.91 Å². The molecule has 0 unspecified atom stereocenters. The number of piperazine rings is 1. The zero-order valence-electron chi connectivity index (χ0n) is 17.0. The minimum atomic E-state index is 0.0778. The number of aromatic nitrogens is 2. The second-order valence-corrected chi connectivity index (χ2v) is 8.13. The number of hydrogen-bond acceptors (Lipinski definition) is 5. The zero-order valence-corrected chi connectivity index (χ0v) is 17.0. The van der Waals surface area contributed by atoms with Gasteiger partial charge in [0.15, 0.2) is 0 Å². The lowest BCUT2D eigenvalue weighted by atomic mass is 10.1. The summed E-state index contributed by atoms with van der Waals surface area (Å²) in [7, 11) is 0. The summed E-state index contributed by atoms with van der Waals surface area (Å²) in [6, 6.07) is 17.9. The average molecular weight is 402 g/mol. The summed E-state index contributed by atoms with van der Waals surface area (Å²) in [5.74, 6) is 1.84. The van der Waals surface area contributed by atoms with E-state index in [2.05, 4.69) is 39.3 Å². The van der Waals surface area contributed by atoms with Crippen molar-refractivity contribution in [1.29, 1.82) is 0 Å². The molecule has 2 aliphatic rings. The highest BCUT2D eigenvalue weighted by atomic mass is 16.5. The summed E-state index contributed by atoms with van der Waals surface area (Å²) in [5.41, 5.74) is 2.80. The first kappa shape index (κ1) is 18.9. The van der Waals surface area contributed by atoms with Gasteiger partial charge in [-0.1, -0.05) is 48.3 Å². The number of anilines is 1. The third-order valence-electron chi connectivity index (χ3n) is 6.22. The van der Waals surface area contributed by atoms with Crippen LogP contribution in [-0.4, -0.2) is 47.1 Å². The fourth-order valence-corrected chi connectivity index (χ4v) is 4.44. The maximum absolute atomic E-state index is 12.9. The quantitative estimate of drug-likeness (QED) is 0.649. The molecule has 1 amide bonds. The third-order valence-corrected chi connectivity index (χ3v) is 6.22. The molecule has 0 spiro atoms. The number of rotatable bonds is 4. The molecule has 0 radical (unpaired) electrons. The van der Waals surface area contributed by atoms with Gasteiger partial charge >= 0.3 is 0 Å². The van der Waals surface area contributed by atoms with Crippen molar-refractivity contribution in [2.75, 3.05) is 31.1 Å². The molecule has 1 aliphatic carbocycles. The molecule has 5 rings (SSSR count). The number of benzene rings is 2. The first-order chi connectivity index (χ1) is 14.8. The maximum atomic E-state index is 12.9. The summed E-state index contributed by atoms with van der Waals surface area (Å²) in [6.07, 6.45) is 4.73. The highest BCUT2D eigenvalue weighted by Crippen LogP contribution is 2.33. The van der Waals surface area contributed by atoms with Crippen molar-refractivity contribution >= 4 is 11.6 Å². The maximum Gasteiger partial charge on any atom is 0.253 e. The molecule has 0 N–H and O–H groups in total. The first-order valence-electron chi connectivity index (χ1n) is 10.8. The average Bonchev–Trinajstić information content (AvgIpc) is 3.52. The smallest absolute Gasteiger partial charge is 0.253 e. The van der Waals surface area contributed by atoms with Crippen LogP contribution in [0.15, 0.2) is 59.1 Å². The van der Waals surface area contributed by atoms with Gasteiger partial charge in [0.2, 0.25) is 11.7 Å². The van der Waals surface area contributed by atoms with E-state index in [1.807, 2.05) is 35.2 Å². The fourth-order valence-electron chi connectivity index (χ4n) is 4.44. The van der Waals surface area contributed by atoms with Crippen molar-refractivity contribution in [2.24, 2.45) is 0 Å². The minimum absolute atomic E-state index is 0.0778. The Morgan fingerprint density at radius 1 is 0.900 bits per heavy atom. The van der Waals surface area contributed by atoms with E-state index in [0.29, 0.717) is 17.3 Å². The van der Waals surface area contributed by atoms with E-state index < -0.39 is 0 Å². The molecular formula is C24H26N4O2. The number of carbonyl (C=O) groups excluding carboxylic acids is 1. The molecule has 1 saturated heterocycles. The number of nitrogens with zero attached hydrogens (tertiary/aromatic N) is 4. The lowest BCUT2D eigenvalue weighted by Crippen LogP contribution is -2.48. The van der Waals surface area contributed by atoms with Crippen LogP contribution in [0, 0.1) is 0 Å². The van der Waals surface area contributed by atoms with Crippen LogP contribution < -0.4 is 4.90 Å². The highest BCUT2D eigenvalue weighted by molar-refractivity contribution is 5.94. The Morgan fingerprint density at radius 3 is 2.30 bits per heavy atom. The summed E-state index contributed by atoms with van der Waals surface area (Å²) in [6.45, 7) is 3.15. The molecule has 0 bridgehead atoms. The Labute approximate surface area is 176 Å². The minimum Gasteiger partial charge on any atom is -0.368 e. The molecule has 154 valence electrons. The van der Waals surface area contributed by atoms with Crippen molar-refractivity contribution in [2.45, 2.75) is 31.6 Å². The van der Waals surface area contributed by atoms with Crippen LogP contribution in [0.25, 0.3) is 11.4 Å². The third kappa shape index (κ3) is 3.82. The summed E-state index contributed by atoms with van der Waals surface area (Å²) in [5, 5.41) is 4.15. The van der Waals surface area contributed by atoms with Crippen molar-refractivity contribution < 1.29 is 9.32 Å². The lowest BCUT2D eigenvalue weighted by molar-refractivity contribution is 0.0747. The number of amides is 1. The first-order valence-corrected chi connectivity index (χ1v) is 10.8. The number of hydrogen-bond donors (Lipinski definition) is 0. The second kappa shape index (κ2) is 8.30. The van der Waals surface area contributed by atoms with Crippen molar-refractivity contribution in [3.63, 3.8) is 0 Å². The molecule has 30 heavy (non-hydrogen) atoms. The van der Waals surface area contributed by atoms with Gasteiger partial charge in [-0.05, 0) is 37.1 Å². The lowest BCUT2D eigenvalue weighted by Gasteiger charge is -2.36. The Kier molecular flexibility index (Phi) is 5.22. The molecular weight excluding hydrogens is 376 g/mol. The van der Waals surface area contributed by atoms with Crippen LogP contribution >= 0.6 is 0 Å². The topological polar surface area (TPSA) is 62.5 Å². The largest absolute Gasteiger partial charge is 0.368 e. The molecule has 2 fully saturated rings. The molecule has 3 aromatic rings. The molecule has 0 atom stereocenters. The van der Waals surface area contributed by atoms with E-state index in [1.54, 1.807) is 0 Å². The Hall–Kier alpha value is -3.15. The normalized spacial score (nSPS) is 17.5. The van der Waals surface area contributed by atoms with Crippen LogP contribution in [0.5, 0.6) is 0 Å². The second-order valence-electron chi connectivity index (χ2n) is 8.13. The monoisotopic (exact) mass is 402 g/mol.